The zero-order valence-electron chi connectivity index (χ0n) is 11.5. The summed E-state index contributed by atoms with van der Waals surface area (Å²) in [5.74, 6) is 1.05. The van der Waals surface area contributed by atoms with Crippen LogP contribution in [0.3, 0.4) is 0 Å². The first-order chi connectivity index (χ1) is 10.2. The summed E-state index contributed by atoms with van der Waals surface area (Å²) in [6.07, 6.45) is 2.24. The van der Waals surface area contributed by atoms with Gasteiger partial charge in [-0.3, -0.25) is 4.79 Å². The van der Waals surface area contributed by atoms with Gasteiger partial charge in [-0.05, 0) is 42.5 Å². The second-order valence-electron chi connectivity index (χ2n) is 4.42. The summed E-state index contributed by atoms with van der Waals surface area (Å²) < 4.78 is 17.8. The molecule has 3 N–H and O–H groups in total. The van der Waals surface area contributed by atoms with E-state index in [2.05, 4.69) is 5.32 Å². The Morgan fingerprint density at radius 2 is 2.10 bits per heavy atom. The van der Waals surface area contributed by atoms with Crippen LogP contribution < -0.4 is 11.1 Å². The average Bonchev–Trinajstić information content (AvgIpc) is 2.98. The molecule has 0 saturated carbocycles. The lowest BCUT2D eigenvalue weighted by molar-refractivity contribution is 0.0953. The maximum Gasteiger partial charge on any atom is 0.254 e. The van der Waals surface area contributed by atoms with Gasteiger partial charge in [0.2, 0.25) is 0 Å². The van der Waals surface area contributed by atoms with E-state index in [0.29, 0.717) is 17.9 Å². The van der Waals surface area contributed by atoms with Crippen LogP contribution in [-0.4, -0.2) is 18.2 Å². The van der Waals surface area contributed by atoms with Crippen molar-refractivity contribution in [3.8, 4) is 0 Å². The molecule has 0 saturated heterocycles. The molecule has 0 atom stereocenters. The monoisotopic (exact) mass is 308 g/mol. The number of amides is 1. The molecule has 21 heavy (non-hydrogen) atoms. The van der Waals surface area contributed by atoms with E-state index in [0.717, 1.165) is 17.1 Å². The van der Waals surface area contributed by atoms with E-state index in [9.17, 15) is 9.18 Å². The highest BCUT2D eigenvalue weighted by atomic mass is 32.2. The minimum absolute atomic E-state index is 0.162. The first-order valence-corrected chi connectivity index (χ1v) is 7.61. The summed E-state index contributed by atoms with van der Waals surface area (Å²) in [6.45, 7) is 0.859. The third-order valence-electron chi connectivity index (χ3n) is 2.81. The SMILES string of the molecule is NCc1cc(C(=O)NCCCSc2ccc(F)cc2)co1. The van der Waals surface area contributed by atoms with Crippen LogP contribution in [0.4, 0.5) is 4.39 Å². The predicted molar refractivity (Wildman–Crippen MR) is 80.7 cm³/mol. The number of thioether (sulfide) groups is 1. The third kappa shape index (κ3) is 4.91. The summed E-state index contributed by atoms with van der Waals surface area (Å²) in [4.78, 5) is 12.8. The molecule has 0 fully saturated rings. The molecule has 0 bridgehead atoms. The Kier molecular flexibility index (Phi) is 5.83. The number of hydrogen-bond donors (Lipinski definition) is 2. The van der Waals surface area contributed by atoms with Crippen LogP contribution >= 0.6 is 11.8 Å². The van der Waals surface area contributed by atoms with Crippen LogP contribution in [0.15, 0.2) is 45.9 Å². The van der Waals surface area contributed by atoms with Gasteiger partial charge in [0.15, 0.2) is 0 Å². The molecule has 2 aromatic rings. The number of furan rings is 1. The van der Waals surface area contributed by atoms with Gasteiger partial charge in [0.25, 0.3) is 5.91 Å². The van der Waals surface area contributed by atoms with E-state index in [4.69, 9.17) is 10.2 Å². The van der Waals surface area contributed by atoms with Gasteiger partial charge in [-0.2, -0.15) is 0 Å². The summed E-state index contributed by atoms with van der Waals surface area (Å²) in [5.41, 5.74) is 5.90. The zero-order valence-corrected chi connectivity index (χ0v) is 12.3. The minimum atomic E-state index is -0.233. The van der Waals surface area contributed by atoms with Crippen LogP contribution in [0, 0.1) is 5.82 Å². The van der Waals surface area contributed by atoms with Crippen LogP contribution in [0.5, 0.6) is 0 Å². The van der Waals surface area contributed by atoms with Crippen LogP contribution in [0.2, 0.25) is 0 Å². The van der Waals surface area contributed by atoms with Crippen LogP contribution in [-0.2, 0) is 6.54 Å². The van der Waals surface area contributed by atoms with Gasteiger partial charge in [0, 0.05) is 11.4 Å². The van der Waals surface area contributed by atoms with E-state index < -0.39 is 0 Å². The first-order valence-electron chi connectivity index (χ1n) is 6.63. The van der Waals surface area contributed by atoms with Crippen molar-refractivity contribution in [3.05, 3.63) is 53.7 Å². The average molecular weight is 308 g/mol. The second-order valence-corrected chi connectivity index (χ2v) is 5.59. The minimum Gasteiger partial charge on any atom is -0.467 e. The number of benzene rings is 1. The largest absolute Gasteiger partial charge is 0.467 e. The Balaban J connectivity index is 1.65. The third-order valence-corrected chi connectivity index (χ3v) is 3.90. The van der Waals surface area contributed by atoms with Gasteiger partial charge in [-0.25, -0.2) is 4.39 Å². The summed E-state index contributed by atoms with van der Waals surface area (Å²) >= 11 is 1.63. The van der Waals surface area contributed by atoms with Crippen LogP contribution in [0.25, 0.3) is 0 Å². The number of rotatable bonds is 7. The number of carbonyl (C=O) groups excluding carboxylic acids is 1. The van der Waals surface area contributed by atoms with Gasteiger partial charge in [-0.15, -0.1) is 11.8 Å². The first kappa shape index (κ1) is 15.6. The summed E-state index contributed by atoms with van der Waals surface area (Å²) in [7, 11) is 0. The zero-order chi connectivity index (χ0) is 15.1. The van der Waals surface area contributed by atoms with E-state index in [1.54, 1.807) is 30.0 Å². The Labute approximate surface area is 126 Å². The maximum absolute atomic E-state index is 12.7. The molecule has 0 aliphatic rings. The van der Waals surface area contributed by atoms with Crippen molar-refractivity contribution in [2.45, 2.75) is 17.9 Å². The smallest absolute Gasteiger partial charge is 0.254 e. The van der Waals surface area contributed by atoms with Crippen molar-refractivity contribution in [1.29, 1.82) is 0 Å². The van der Waals surface area contributed by atoms with Crippen LogP contribution in [0.1, 0.15) is 22.5 Å². The Morgan fingerprint density at radius 1 is 1.33 bits per heavy atom. The number of nitrogens with two attached hydrogens (primary N) is 1. The van der Waals surface area contributed by atoms with Crippen molar-refractivity contribution >= 4 is 17.7 Å². The fourth-order valence-corrected chi connectivity index (χ4v) is 2.56. The Bertz CT molecular complexity index is 584. The highest BCUT2D eigenvalue weighted by molar-refractivity contribution is 7.99. The molecule has 1 amide bonds. The molecule has 0 unspecified atom stereocenters. The molecule has 2 rings (SSSR count). The fraction of sp³-hybridized carbons (Fsp3) is 0.267. The molecule has 0 spiro atoms. The van der Waals surface area contributed by atoms with Gasteiger partial charge in [0.1, 0.15) is 17.8 Å². The molecule has 112 valence electrons. The maximum atomic E-state index is 12.7. The topological polar surface area (TPSA) is 68.3 Å². The standard InChI is InChI=1S/C15H17FN2O2S/c16-12-2-4-14(5-3-12)21-7-1-6-18-15(19)11-8-13(9-17)20-10-11/h2-5,8,10H,1,6-7,9,17H2,(H,18,19). The number of carbonyl (C=O) groups is 1. The Morgan fingerprint density at radius 3 is 2.76 bits per heavy atom. The molecule has 1 aromatic carbocycles. The predicted octanol–water partition coefficient (Wildman–Crippen LogP) is 2.79. The molecule has 6 heteroatoms. The molecule has 0 aliphatic carbocycles. The normalized spacial score (nSPS) is 10.6. The lowest BCUT2D eigenvalue weighted by atomic mass is 10.3. The molecular weight excluding hydrogens is 291 g/mol. The van der Waals surface area contributed by atoms with E-state index >= 15 is 0 Å². The van der Waals surface area contributed by atoms with Crippen molar-refractivity contribution in [2.24, 2.45) is 5.73 Å². The number of nitrogens with one attached hydrogen (secondary N) is 1. The summed E-state index contributed by atoms with van der Waals surface area (Å²) in [6, 6.07) is 8.02. The number of halogens is 1. The second kappa shape index (κ2) is 7.85. The lowest BCUT2D eigenvalue weighted by Gasteiger charge is -2.04. The van der Waals surface area contributed by atoms with Gasteiger partial charge >= 0.3 is 0 Å². The van der Waals surface area contributed by atoms with Crippen molar-refractivity contribution < 1.29 is 13.6 Å². The number of hydrogen-bond acceptors (Lipinski definition) is 4. The quantitative estimate of drug-likeness (QED) is 0.609. The van der Waals surface area contributed by atoms with Gasteiger partial charge in [0.05, 0.1) is 12.1 Å². The van der Waals surface area contributed by atoms with E-state index in [-0.39, 0.29) is 18.3 Å². The van der Waals surface area contributed by atoms with Crippen molar-refractivity contribution in [3.63, 3.8) is 0 Å². The molecule has 4 nitrogen and oxygen atoms in total. The molecular formula is C15H17FN2O2S. The lowest BCUT2D eigenvalue weighted by Crippen LogP contribution is -2.24. The summed E-state index contributed by atoms with van der Waals surface area (Å²) in [5, 5.41) is 2.82. The molecule has 1 heterocycles. The molecule has 0 aliphatic heterocycles. The van der Waals surface area contributed by atoms with Gasteiger partial charge < -0.3 is 15.5 Å². The molecule has 0 radical (unpaired) electrons. The van der Waals surface area contributed by atoms with Gasteiger partial charge in [-0.1, -0.05) is 0 Å². The highest BCUT2D eigenvalue weighted by Gasteiger charge is 2.08. The van der Waals surface area contributed by atoms with E-state index in [1.807, 2.05) is 0 Å². The fourth-order valence-electron chi connectivity index (χ4n) is 1.70. The highest BCUT2D eigenvalue weighted by Crippen LogP contribution is 2.18. The van der Waals surface area contributed by atoms with E-state index in [1.165, 1.54) is 18.4 Å². The van der Waals surface area contributed by atoms with Crippen molar-refractivity contribution in [2.75, 3.05) is 12.3 Å². The van der Waals surface area contributed by atoms with Crippen molar-refractivity contribution in [1.82, 2.24) is 5.32 Å². The Hall–Kier alpha value is -1.79. The molecule has 1 aromatic heterocycles.